The molecule has 0 aliphatic heterocycles. The number of nitrogens with zero attached hydrogens (tertiary/aromatic N) is 3. The number of likely N-dealkylation sites (N-methyl/N-ethyl adjacent to an activating group) is 1. The summed E-state index contributed by atoms with van der Waals surface area (Å²) in [6, 6.07) is 0. The summed E-state index contributed by atoms with van der Waals surface area (Å²) in [6.07, 6.45) is 0. The average molecular weight is 294 g/mol. The van der Waals surface area contributed by atoms with Crippen molar-refractivity contribution < 1.29 is 0 Å². The summed E-state index contributed by atoms with van der Waals surface area (Å²) >= 11 is 0. The third-order valence-corrected chi connectivity index (χ3v) is 3.57. The van der Waals surface area contributed by atoms with Gasteiger partial charge in [-0.15, -0.1) is 0 Å². The molecule has 6 heteroatoms. The van der Waals surface area contributed by atoms with Crippen LogP contribution in [0.25, 0.3) is 0 Å². The molecule has 120 valence electrons. The van der Waals surface area contributed by atoms with Crippen molar-refractivity contribution in [2.45, 2.75) is 47.0 Å². The second kappa shape index (κ2) is 7.56. The minimum absolute atomic E-state index is 0.116. The molecule has 0 amide bonds. The van der Waals surface area contributed by atoms with Gasteiger partial charge in [-0.3, -0.25) is 0 Å². The van der Waals surface area contributed by atoms with Gasteiger partial charge >= 0.3 is 0 Å². The predicted octanol–water partition coefficient (Wildman–Crippen LogP) is 2.12. The zero-order valence-electron chi connectivity index (χ0n) is 14.2. The highest BCUT2D eigenvalue weighted by molar-refractivity contribution is 5.57. The minimum Gasteiger partial charge on any atom is -0.368 e. The number of nitrogen functional groups attached to an aromatic ring is 1. The van der Waals surface area contributed by atoms with E-state index in [9.17, 15) is 0 Å². The molecule has 1 aromatic rings. The van der Waals surface area contributed by atoms with Crippen LogP contribution in [0.15, 0.2) is 0 Å². The monoisotopic (exact) mass is 294 g/mol. The van der Waals surface area contributed by atoms with E-state index < -0.39 is 0 Å². The van der Waals surface area contributed by atoms with Gasteiger partial charge in [-0.1, -0.05) is 34.6 Å². The number of hydrogen-bond acceptors (Lipinski definition) is 6. The number of hydrogen-bond donors (Lipinski definition) is 3. The minimum atomic E-state index is -0.116. The molecule has 0 unspecified atom stereocenters. The van der Waals surface area contributed by atoms with E-state index in [4.69, 9.17) is 5.84 Å². The van der Waals surface area contributed by atoms with Crippen LogP contribution in [0.4, 0.5) is 11.6 Å². The third-order valence-electron chi connectivity index (χ3n) is 3.57. The second-order valence-electron chi connectivity index (χ2n) is 6.22. The van der Waals surface area contributed by atoms with Crippen LogP contribution in [0.5, 0.6) is 0 Å². The summed E-state index contributed by atoms with van der Waals surface area (Å²) in [7, 11) is 0. The van der Waals surface area contributed by atoms with E-state index in [0.29, 0.717) is 5.82 Å². The predicted molar refractivity (Wildman–Crippen MR) is 89.6 cm³/mol. The zero-order chi connectivity index (χ0) is 16.0. The van der Waals surface area contributed by atoms with Crippen LogP contribution in [-0.2, 0) is 5.41 Å². The van der Waals surface area contributed by atoms with E-state index in [2.05, 4.69) is 60.2 Å². The lowest BCUT2D eigenvalue weighted by atomic mass is 9.95. The van der Waals surface area contributed by atoms with Crippen LogP contribution in [0.2, 0.25) is 0 Å². The molecule has 6 nitrogen and oxygen atoms in total. The molecule has 0 spiro atoms. The third kappa shape index (κ3) is 4.82. The molecular weight excluding hydrogens is 264 g/mol. The number of hydrazine groups is 1. The van der Waals surface area contributed by atoms with Gasteiger partial charge in [0.25, 0.3) is 0 Å². The van der Waals surface area contributed by atoms with Gasteiger partial charge in [0.15, 0.2) is 0 Å². The summed E-state index contributed by atoms with van der Waals surface area (Å²) in [5.41, 5.74) is 3.50. The van der Waals surface area contributed by atoms with Crippen LogP contribution >= 0.6 is 0 Å². The Kier molecular flexibility index (Phi) is 6.36. The number of rotatable bonds is 7. The van der Waals surface area contributed by atoms with Gasteiger partial charge in [0.1, 0.15) is 17.5 Å². The van der Waals surface area contributed by atoms with E-state index >= 15 is 0 Å². The van der Waals surface area contributed by atoms with Gasteiger partial charge in [0.05, 0.1) is 0 Å². The maximum atomic E-state index is 5.58. The Morgan fingerprint density at radius 3 is 2.14 bits per heavy atom. The molecule has 0 fully saturated rings. The lowest BCUT2D eigenvalue weighted by Gasteiger charge is -2.22. The molecule has 21 heavy (non-hydrogen) atoms. The number of nitrogens with one attached hydrogen (secondary N) is 2. The molecule has 0 atom stereocenters. The van der Waals surface area contributed by atoms with E-state index in [1.807, 2.05) is 6.92 Å². The van der Waals surface area contributed by atoms with E-state index in [1.54, 1.807) is 0 Å². The molecule has 4 N–H and O–H groups in total. The first-order chi connectivity index (χ1) is 9.83. The average Bonchev–Trinajstić information content (AvgIpc) is 2.44. The molecular formula is C15H30N6. The summed E-state index contributed by atoms with van der Waals surface area (Å²) in [6.45, 7) is 16.6. The first-order valence-corrected chi connectivity index (χ1v) is 7.65. The van der Waals surface area contributed by atoms with Crippen LogP contribution in [0.3, 0.4) is 0 Å². The Hall–Kier alpha value is -1.40. The van der Waals surface area contributed by atoms with E-state index in [1.165, 1.54) is 0 Å². The van der Waals surface area contributed by atoms with Crippen LogP contribution in [0, 0.1) is 6.92 Å². The summed E-state index contributed by atoms with van der Waals surface area (Å²) in [4.78, 5) is 11.5. The largest absolute Gasteiger partial charge is 0.368 e. The SMILES string of the molecule is CCN(CC)CCNc1nc(C(C)(C)C)nc(NN)c1C. The summed E-state index contributed by atoms with van der Waals surface area (Å²) in [5, 5.41) is 3.41. The standard InChI is InChI=1S/C15H30N6/c1-7-21(8-2)10-9-17-12-11(3)13(20-16)19-14(18-12)15(4,5)6/h7-10,16H2,1-6H3,(H2,17,18,19,20). The van der Waals surface area contributed by atoms with Crippen molar-refractivity contribution in [2.24, 2.45) is 5.84 Å². The highest BCUT2D eigenvalue weighted by Crippen LogP contribution is 2.25. The fraction of sp³-hybridized carbons (Fsp3) is 0.733. The lowest BCUT2D eigenvalue weighted by Crippen LogP contribution is -2.29. The summed E-state index contributed by atoms with van der Waals surface area (Å²) in [5.74, 6) is 7.90. The number of anilines is 2. The highest BCUT2D eigenvalue weighted by Gasteiger charge is 2.20. The Morgan fingerprint density at radius 2 is 1.67 bits per heavy atom. The van der Waals surface area contributed by atoms with Crippen molar-refractivity contribution in [3.63, 3.8) is 0 Å². The van der Waals surface area contributed by atoms with Gasteiger partial charge in [-0.25, -0.2) is 15.8 Å². The van der Waals surface area contributed by atoms with Gasteiger partial charge in [0, 0.05) is 24.1 Å². The maximum Gasteiger partial charge on any atom is 0.148 e. The quantitative estimate of drug-likeness (QED) is 0.528. The van der Waals surface area contributed by atoms with Gasteiger partial charge < -0.3 is 15.6 Å². The first-order valence-electron chi connectivity index (χ1n) is 7.65. The van der Waals surface area contributed by atoms with Crippen molar-refractivity contribution in [2.75, 3.05) is 36.9 Å². The van der Waals surface area contributed by atoms with Crippen LogP contribution < -0.4 is 16.6 Å². The van der Waals surface area contributed by atoms with Crippen LogP contribution in [0.1, 0.15) is 46.0 Å². The molecule has 1 heterocycles. The molecule has 0 bridgehead atoms. The van der Waals surface area contributed by atoms with Crippen molar-refractivity contribution in [3.05, 3.63) is 11.4 Å². The zero-order valence-corrected chi connectivity index (χ0v) is 14.2. The Bertz CT molecular complexity index is 448. The van der Waals surface area contributed by atoms with Gasteiger partial charge in [-0.2, -0.15) is 0 Å². The molecule has 0 saturated heterocycles. The van der Waals surface area contributed by atoms with Gasteiger partial charge in [-0.05, 0) is 20.0 Å². The van der Waals surface area contributed by atoms with Crippen molar-refractivity contribution in [1.29, 1.82) is 0 Å². The smallest absolute Gasteiger partial charge is 0.148 e. The first kappa shape index (κ1) is 17.7. The Labute approximate surface area is 128 Å². The normalized spacial score (nSPS) is 11.8. The summed E-state index contributed by atoms with van der Waals surface area (Å²) < 4.78 is 0. The molecule has 1 rings (SSSR count). The molecule has 1 aromatic heterocycles. The van der Waals surface area contributed by atoms with Crippen molar-refractivity contribution in [1.82, 2.24) is 14.9 Å². The number of aromatic nitrogens is 2. The number of nitrogens with two attached hydrogens (primary N) is 1. The van der Waals surface area contributed by atoms with E-state index in [0.717, 1.165) is 43.4 Å². The molecule has 0 saturated carbocycles. The van der Waals surface area contributed by atoms with Crippen molar-refractivity contribution >= 4 is 11.6 Å². The highest BCUT2D eigenvalue weighted by atomic mass is 15.3. The second-order valence-corrected chi connectivity index (χ2v) is 6.22. The fourth-order valence-corrected chi connectivity index (χ4v) is 2.04. The fourth-order valence-electron chi connectivity index (χ4n) is 2.04. The van der Waals surface area contributed by atoms with Crippen molar-refractivity contribution in [3.8, 4) is 0 Å². The molecule has 0 aliphatic carbocycles. The van der Waals surface area contributed by atoms with Gasteiger partial charge in [0.2, 0.25) is 0 Å². The molecule has 0 aliphatic rings. The topological polar surface area (TPSA) is 79.1 Å². The molecule has 0 aromatic carbocycles. The maximum absolute atomic E-state index is 5.58. The Morgan fingerprint density at radius 1 is 1.10 bits per heavy atom. The lowest BCUT2D eigenvalue weighted by molar-refractivity contribution is 0.316. The molecule has 0 radical (unpaired) electrons. The van der Waals surface area contributed by atoms with Crippen LogP contribution in [-0.4, -0.2) is 41.0 Å². The van der Waals surface area contributed by atoms with E-state index in [-0.39, 0.29) is 5.41 Å². The Balaban J connectivity index is 2.90.